The van der Waals surface area contributed by atoms with Crippen LogP contribution in [0.4, 0.5) is 4.79 Å². The van der Waals surface area contributed by atoms with Crippen LogP contribution in [0, 0.1) is 5.92 Å². The van der Waals surface area contributed by atoms with Crippen LogP contribution in [0.15, 0.2) is 60.7 Å². The molecule has 0 aromatic heterocycles. The van der Waals surface area contributed by atoms with Crippen molar-refractivity contribution in [2.24, 2.45) is 5.92 Å². The van der Waals surface area contributed by atoms with Crippen LogP contribution in [-0.4, -0.2) is 23.5 Å². The summed E-state index contributed by atoms with van der Waals surface area (Å²) in [5, 5.41) is 0. The SMILES string of the molecule is CC(C)[C@H](CC(=O)N1C(=O)OC[C@H]1c1ccccc1)c1ccccc1. The fourth-order valence-electron chi connectivity index (χ4n) is 3.34. The molecule has 2 aromatic rings. The van der Waals surface area contributed by atoms with Crippen LogP contribution in [0.5, 0.6) is 0 Å². The molecule has 3 rings (SSSR count). The van der Waals surface area contributed by atoms with Crippen LogP contribution in [0.2, 0.25) is 0 Å². The molecule has 0 unspecified atom stereocenters. The number of hydrogen-bond donors (Lipinski definition) is 0. The van der Waals surface area contributed by atoms with Crippen LogP contribution in [0.25, 0.3) is 0 Å². The average Bonchev–Trinajstić information content (AvgIpc) is 3.02. The van der Waals surface area contributed by atoms with Gasteiger partial charge in [0.1, 0.15) is 12.6 Å². The van der Waals surface area contributed by atoms with Crippen molar-refractivity contribution in [3.8, 4) is 0 Å². The molecule has 1 aliphatic rings. The Kier molecular flexibility index (Phi) is 5.17. The molecule has 1 heterocycles. The summed E-state index contributed by atoms with van der Waals surface area (Å²) in [7, 11) is 0. The van der Waals surface area contributed by atoms with Gasteiger partial charge in [-0.3, -0.25) is 4.79 Å². The molecule has 4 nitrogen and oxygen atoms in total. The second-order valence-corrected chi connectivity index (χ2v) is 6.73. The van der Waals surface area contributed by atoms with E-state index < -0.39 is 6.09 Å². The van der Waals surface area contributed by atoms with Crippen LogP contribution in [0.3, 0.4) is 0 Å². The van der Waals surface area contributed by atoms with E-state index in [4.69, 9.17) is 4.74 Å². The van der Waals surface area contributed by atoms with Gasteiger partial charge in [0.2, 0.25) is 5.91 Å². The topological polar surface area (TPSA) is 46.6 Å². The van der Waals surface area contributed by atoms with E-state index in [1.165, 1.54) is 4.90 Å². The molecule has 25 heavy (non-hydrogen) atoms. The molecule has 0 N–H and O–H groups in total. The van der Waals surface area contributed by atoms with Crippen molar-refractivity contribution in [3.63, 3.8) is 0 Å². The van der Waals surface area contributed by atoms with Gasteiger partial charge in [0.15, 0.2) is 0 Å². The maximum Gasteiger partial charge on any atom is 0.417 e. The summed E-state index contributed by atoms with van der Waals surface area (Å²) in [4.78, 5) is 26.4. The molecule has 0 radical (unpaired) electrons. The molecular weight excluding hydrogens is 314 g/mol. The highest BCUT2D eigenvalue weighted by molar-refractivity contribution is 5.94. The highest BCUT2D eigenvalue weighted by Gasteiger charge is 2.39. The standard InChI is InChI=1S/C21H23NO3/c1-15(2)18(16-9-5-3-6-10-16)13-20(23)22-19(14-25-21(22)24)17-11-7-4-8-12-17/h3-12,15,18-19H,13-14H2,1-2H3/t18-,19-/m0/s1. The molecule has 2 amide bonds. The lowest BCUT2D eigenvalue weighted by molar-refractivity contribution is -0.129. The van der Waals surface area contributed by atoms with E-state index in [0.29, 0.717) is 12.3 Å². The number of rotatable bonds is 5. The summed E-state index contributed by atoms with van der Waals surface area (Å²) in [5.74, 6) is 0.178. The Balaban J connectivity index is 1.81. The van der Waals surface area contributed by atoms with Crippen LogP contribution >= 0.6 is 0 Å². The van der Waals surface area contributed by atoms with E-state index in [9.17, 15) is 9.59 Å². The number of carbonyl (C=O) groups excluding carboxylic acids is 2. The number of carbonyl (C=O) groups is 2. The first-order chi connectivity index (χ1) is 12.1. The van der Waals surface area contributed by atoms with Crippen molar-refractivity contribution in [1.29, 1.82) is 0 Å². The molecule has 1 fully saturated rings. The second kappa shape index (κ2) is 7.51. The third kappa shape index (κ3) is 3.73. The van der Waals surface area contributed by atoms with Crippen molar-refractivity contribution in [1.82, 2.24) is 4.90 Å². The van der Waals surface area contributed by atoms with Crippen LogP contribution in [-0.2, 0) is 9.53 Å². The van der Waals surface area contributed by atoms with E-state index in [-0.39, 0.29) is 24.5 Å². The number of cyclic esters (lactones) is 1. The van der Waals surface area contributed by atoms with Gasteiger partial charge in [0.05, 0.1) is 0 Å². The first-order valence-electron chi connectivity index (χ1n) is 8.66. The van der Waals surface area contributed by atoms with Crippen molar-refractivity contribution < 1.29 is 14.3 Å². The summed E-state index contributed by atoms with van der Waals surface area (Å²) in [6, 6.07) is 19.2. The summed E-state index contributed by atoms with van der Waals surface area (Å²) < 4.78 is 5.17. The summed E-state index contributed by atoms with van der Waals surface area (Å²) in [6.07, 6.45) is -0.255. The predicted molar refractivity (Wildman–Crippen MR) is 96.0 cm³/mol. The zero-order valence-electron chi connectivity index (χ0n) is 14.6. The number of ether oxygens (including phenoxy) is 1. The minimum absolute atomic E-state index is 0.0681. The highest BCUT2D eigenvalue weighted by atomic mass is 16.6. The zero-order chi connectivity index (χ0) is 17.8. The molecule has 2 aromatic carbocycles. The first kappa shape index (κ1) is 17.2. The minimum atomic E-state index is -0.547. The number of nitrogens with zero attached hydrogens (tertiary/aromatic N) is 1. The molecule has 4 heteroatoms. The molecule has 0 saturated carbocycles. The maximum atomic E-state index is 13.0. The third-order valence-corrected chi connectivity index (χ3v) is 4.75. The lowest BCUT2D eigenvalue weighted by Crippen LogP contribution is -2.35. The number of benzene rings is 2. The van der Waals surface area contributed by atoms with E-state index in [1.807, 2.05) is 60.7 Å². The van der Waals surface area contributed by atoms with Gasteiger partial charge in [0, 0.05) is 6.42 Å². The van der Waals surface area contributed by atoms with Crippen molar-refractivity contribution in [3.05, 3.63) is 71.8 Å². The van der Waals surface area contributed by atoms with Crippen molar-refractivity contribution >= 4 is 12.0 Å². The van der Waals surface area contributed by atoms with Gasteiger partial charge in [-0.25, -0.2) is 9.69 Å². The zero-order valence-corrected chi connectivity index (χ0v) is 14.6. The van der Waals surface area contributed by atoms with Crippen molar-refractivity contribution in [2.45, 2.75) is 32.2 Å². The van der Waals surface area contributed by atoms with E-state index >= 15 is 0 Å². The van der Waals surface area contributed by atoms with Crippen LogP contribution < -0.4 is 0 Å². The molecule has 130 valence electrons. The third-order valence-electron chi connectivity index (χ3n) is 4.75. The Hall–Kier alpha value is -2.62. The van der Waals surface area contributed by atoms with Crippen molar-refractivity contribution in [2.75, 3.05) is 6.61 Å². The average molecular weight is 337 g/mol. The normalized spacial score (nSPS) is 18.3. The van der Waals surface area contributed by atoms with Crippen LogP contribution in [0.1, 0.15) is 43.4 Å². The Morgan fingerprint density at radius 2 is 1.68 bits per heavy atom. The summed E-state index contributed by atoms with van der Waals surface area (Å²) in [5.41, 5.74) is 2.04. The van der Waals surface area contributed by atoms with Gasteiger partial charge in [-0.2, -0.15) is 0 Å². The second-order valence-electron chi connectivity index (χ2n) is 6.73. The first-order valence-corrected chi connectivity index (χ1v) is 8.66. The van der Waals surface area contributed by atoms with Gasteiger partial charge >= 0.3 is 6.09 Å². The fourth-order valence-corrected chi connectivity index (χ4v) is 3.34. The molecule has 0 spiro atoms. The maximum absolute atomic E-state index is 13.0. The number of hydrogen-bond acceptors (Lipinski definition) is 3. The monoisotopic (exact) mass is 337 g/mol. The molecule has 0 bridgehead atoms. The highest BCUT2D eigenvalue weighted by Crippen LogP contribution is 2.33. The minimum Gasteiger partial charge on any atom is -0.446 e. The number of amides is 2. The largest absolute Gasteiger partial charge is 0.446 e. The van der Waals surface area contributed by atoms with Gasteiger partial charge in [-0.1, -0.05) is 74.5 Å². The van der Waals surface area contributed by atoms with Gasteiger partial charge < -0.3 is 4.74 Å². The molecule has 2 atom stereocenters. The van der Waals surface area contributed by atoms with Gasteiger partial charge in [-0.15, -0.1) is 0 Å². The molecular formula is C21H23NO3. The number of imide groups is 1. The Bertz CT molecular complexity index is 727. The molecule has 1 saturated heterocycles. The lowest BCUT2D eigenvalue weighted by atomic mass is 9.85. The molecule has 1 aliphatic heterocycles. The summed E-state index contributed by atoms with van der Waals surface area (Å²) >= 11 is 0. The molecule has 0 aliphatic carbocycles. The Labute approximate surface area is 148 Å². The fraction of sp³-hybridized carbons (Fsp3) is 0.333. The smallest absolute Gasteiger partial charge is 0.417 e. The summed E-state index contributed by atoms with van der Waals surface area (Å²) in [6.45, 7) is 4.41. The predicted octanol–water partition coefficient (Wildman–Crippen LogP) is 4.54. The van der Waals surface area contributed by atoms with E-state index in [0.717, 1.165) is 11.1 Å². The van der Waals surface area contributed by atoms with Gasteiger partial charge in [-0.05, 0) is 23.0 Å². The van der Waals surface area contributed by atoms with E-state index in [2.05, 4.69) is 13.8 Å². The Morgan fingerprint density at radius 1 is 1.08 bits per heavy atom. The Morgan fingerprint density at radius 3 is 2.28 bits per heavy atom. The lowest BCUT2D eigenvalue weighted by Gasteiger charge is -2.25. The van der Waals surface area contributed by atoms with Gasteiger partial charge in [0.25, 0.3) is 0 Å². The van der Waals surface area contributed by atoms with E-state index in [1.54, 1.807) is 0 Å². The quantitative estimate of drug-likeness (QED) is 0.805.